The number of anilines is 2. The van der Waals surface area contributed by atoms with Gasteiger partial charge in [-0.1, -0.05) is 12.1 Å². The number of hydrazine groups is 1. The van der Waals surface area contributed by atoms with E-state index in [4.69, 9.17) is 5.73 Å². The first kappa shape index (κ1) is 18.3. The first-order chi connectivity index (χ1) is 11.5. The lowest BCUT2D eigenvalue weighted by atomic mass is 10.1. The molecule has 0 fully saturated rings. The van der Waals surface area contributed by atoms with Gasteiger partial charge >= 0.3 is 12.2 Å². The average Bonchev–Trinajstić information content (AvgIpc) is 2.52. The number of para-hydroxylation sites is 1. The molecule has 0 aliphatic rings. The molecule has 0 saturated carbocycles. The Kier molecular flexibility index (Phi) is 4.72. The zero-order chi connectivity index (χ0) is 18.9. The largest absolute Gasteiger partial charge is 0.418 e. The fourth-order valence-electron chi connectivity index (χ4n) is 1.84. The molecule has 0 aliphatic heterocycles. The Morgan fingerprint density at radius 3 is 2.04 bits per heavy atom. The second-order valence-electron chi connectivity index (χ2n) is 4.50. The number of urea groups is 1. The topological polar surface area (TPSA) is 71.2 Å². The van der Waals surface area contributed by atoms with Gasteiger partial charge in [-0.25, -0.2) is 9.80 Å². The molecule has 2 rings (SSSR count). The van der Waals surface area contributed by atoms with Crippen LogP contribution in [0.2, 0.25) is 0 Å². The highest BCUT2D eigenvalue weighted by Crippen LogP contribution is 2.37. The smallest absolute Gasteiger partial charge is 0.350 e. The van der Waals surface area contributed by atoms with E-state index in [0.29, 0.717) is 6.07 Å². The number of nitrogens with two attached hydrogens (primary N) is 1. The quantitative estimate of drug-likeness (QED) is 0.494. The second-order valence-corrected chi connectivity index (χ2v) is 4.50. The minimum atomic E-state index is -4.96. The molecule has 12 heteroatoms. The summed E-state index contributed by atoms with van der Waals surface area (Å²) >= 11 is 0. The van der Waals surface area contributed by atoms with Crippen molar-refractivity contribution in [2.75, 3.05) is 10.4 Å². The van der Waals surface area contributed by atoms with E-state index in [-0.39, 0.29) is 5.01 Å². The van der Waals surface area contributed by atoms with Gasteiger partial charge in [-0.3, -0.25) is 5.43 Å². The van der Waals surface area contributed by atoms with Crippen LogP contribution in [0.1, 0.15) is 5.56 Å². The van der Waals surface area contributed by atoms with Crippen molar-refractivity contribution in [1.29, 1.82) is 0 Å². The molecule has 0 aliphatic carbocycles. The summed E-state index contributed by atoms with van der Waals surface area (Å²) in [5.41, 5.74) is 2.51. The summed E-state index contributed by atoms with van der Waals surface area (Å²) in [4.78, 5) is 13.7. The number of hydrogen-bond acceptors (Lipinski definition) is 3. The lowest BCUT2D eigenvalue weighted by Gasteiger charge is -2.25. The zero-order valence-electron chi connectivity index (χ0n) is 11.8. The van der Waals surface area contributed by atoms with Crippen molar-refractivity contribution in [1.82, 2.24) is 4.98 Å². The molecule has 0 spiro atoms. The van der Waals surface area contributed by atoms with Crippen LogP contribution in [-0.4, -0.2) is 11.0 Å². The van der Waals surface area contributed by atoms with E-state index in [9.17, 15) is 35.5 Å². The number of nitrogens with zero attached hydrogens (tertiary/aromatic N) is 2. The van der Waals surface area contributed by atoms with Gasteiger partial charge in [-0.05, 0) is 12.1 Å². The Morgan fingerprint density at radius 1 is 1.04 bits per heavy atom. The molecular weight excluding hydrogens is 361 g/mol. The summed E-state index contributed by atoms with van der Waals surface area (Å²) in [6.45, 7) is 0. The van der Waals surface area contributed by atoms with Crippen molar-refractivity contribution in [2.24, 2.45) is 5.73 Å². The predicted octanol–water partition coefficient (Wildman–Crippen LogP) is 3.57. The van der Waals surface area contributed by atoms with Crippen molar-refractivity contribution < 1.29 is 35.5 Å². The summed E-state index contributed by atoms with van der Waals surface area (Å²) in [6.07, 6.45) is -4.96. The number of alkyl halides is 3. The van der Waals surface area contributed by atoms with Crippen LogP contribution in [0, 0.1) is 23.5 Å². The number of carbonyl (C=O) groups excluding carboxylic acids is 1. The van der Waals surface area contributed by atoms with Crippen molar-refractivity contribution >= 4 is 17.4 Å². The summed E-state index contributed by atoms with van der Waals surface area (Å²) in [5.74, 6) is -8.27. The number of halogens is 7. The number of carbonyl (C=O) groups is 1. The molecule has 25 heavy (non-hydrogen) atoms. The van der Waals surface area contributed by atoms with Crippen LogP contribution in [0.25, 0.3) is 0 Å². The first-order valence-electron chi connectivity index (χ1n) is 6.26. The molecule has 0 unspecified atom stereocenters. The standard InChI is InChI=1S/C13H7F7N4O/c14-7-9(8(15)11(17)22-10(7)16)23-24(12(21)25)6-4-2-1-3-5(6)13(18,19)20/h1-4H,(H2,21,25)(H,22,23). The van der Waals surface area contributed by atoms with Gasteiger partial charge in [0.1, 0.15) is 5.69 Å². The Labute approximate surface area is 134 Å². The number of pyridine rings is 1. The molecule has 134 valence electrons. The number of rotatable bonds is 3. The van der Waals surface area contributed by atoms with Gasteiger partial charge in [-0.2, -0.15) is 35.7 Å². The average molecular weight is 368 g/mol. The Hall–Kier alpha value is -3.05. The molecule has 0 atom stereocenters. The normalized spacial score (nSPS) is 11.3. The highest BCUT2D eigenvalue weighted by Gasteiger charge is 2.36. The van der Waals surface area contributed by atoms with Crippen LogP contribution >= 0.6 is 0 Å². The lowest BCUT2D eigenvalue weighted by molar-refractivity contribution is -0.137. The molecule has 1 heterocycles. The van der Waals surface area contributed by atoms with Crippen LogP contribution in [0.5, 0.6) is 0 Å². The molecule has 1 aromatic carbocycles. The minimum Gasteiger partial charge on any atom is -0.350 e. The summed E-state index contributed by atoms with van der Waals surface area (Å²) < 4.78 is 92.4. The number of amides is 2. The summed E-state index contributed by atoms with van der Waals surface area (Å²) in [6, 6.07) is 1.74. The second kappa shape index (κ2) is 6.45. The van der Waals surface area contributed by atoms with E-state index in [1.165, 1.54) is 5.43 Å². The van der Waals surface area contributed by atoms with E-state index in [1.54, 1.807) is 0 Å². The molecular formula is C13H7F7N4O. The van der Waals surface area contributed by atoms with Gasteiger partial charge in [0.25, 0.3) is 11.9 Å². The maximum Gasteiger partial charge on any atom is 0.418 e. The van der Waals surface area contributed by atoms with Gasteiger partial charge in [0.05, 0.1) is 11.3 Å². The number of hydrogen-bond donors (Lipinski definition) is 2. The Morgan fingerprint density at radius 2 is 1.56 bits per heavy atom. The number of benzene rings is 1. The molecule has 2 aromatic rings. The minimum absolute atomic E-state index is 0.108. The fraction of sp³-hybridized carbons (Fsp3) is 0.0769. The van der Waals surface area contributed by atoms with E-state index >= 15 is 0 Å². The Bertz CT molecular complexity index is 799. The number of aromatic nitrogens is 1. The number of primary amides is 1. The predicted molar refractivity (Wildman–Crippen MR) is 71.2 cm³/mol. The van der Waals surface area contributed by atoms with Gasteiger partial charge in [0, 0.05) is 0 Å². The fourth-order valence-corrected chi connectivity index (χ4v) is 1.84. The van der Waals surface area contributed by atoms with Crippen LogP contribution in [0.4, 0.5) is 46.9 Å². The van der Waals surface area contributed by atoms with E-state index in [0.717, 1.165) is 18.2 Å². The summed E-state index contributed by atoms with van der Waals surface area (Å²) in [5, 5.41) is -0.108. The zero-order valence-corrected chi connectivity index (χ0v) is 11.8. The third-order valence-corrected chi connectivity index (χ3v) is 2.89. The van der Waals surface area contributed by atoms with Crippen molar-refractivity contribution in [3.63, 3.8) is 0 Å². The van der Waals surface area contributed by atoms with E-state index in [1.807, 2.05) is 0 Å². The molecule has 3 N–H and O–H groups in total. The van der Waals surface area contributed by atoms with E-state index < -0.39 is 52.7 Å². The third-order valence-electron chi connectivity index (χ3n) is 2.89. The van der Waals surface area contributed by atoms with Gasteiger partial charge in [-0.15, -0.1) is 0 Å². The first-order valence-corrected chi connectivity index (χ1v) is 6.26. The molecule has 0 bridgehead atoms. The third kappa shape index (κ3) is 3.56. The maximum atomic E-state index is 13.6. The van der Waals surface area contributed by atoms with E-state index in [2.05, 4.69) is 4.98 Å². The monoisotopic (exact) mass is 368 g/mol. The lowest BCUT2D eigenvalue weighted by Crippen LogP contribution is -2.42. The van der Waals surface area contributed by atoms with Gasteiger partial charge < -0.3 is 5.73 Å². The molecule has 2 amide bonds. The van der Waals surface area contributed by atoms with Crippen LogP contribution in [0.3, 0.4) is 0 Å². The molecule has 0 radical (unpaired) electrons. The maximum absolute atomic E-state index is 13.6. The van der Waals surface area contributed by atoms with Crippen molar-refractivity contribution in [3.05, 3.63) is 53.4 Å². The van der Waals surface area contributed by atoms with Crippen molar-refractivity contribution in [3.8, 4) is 0 Å². The molecule has 0 saturated heterocycles. The van der Waals surface area contributed by atoms with Crippen molar-refractivity contribution in [2.45, 2.75) is 6.18 Å². The van der Waals surface area contributed by atoms with Crippen LogP contribution in [-0.2, 0) is 6.18 Å². The van der Waals surface area contributed by atoms with Crippen LogP contribution in [0.15, 0.2) is 24.3 Å². The summed E-state index contributed by atoms with van der Waals surface area (Å²) in [7, 11) is 0. The van der Waals surface area contributed by atoms with Gasteiger partial charge in [0.15, 0.2) is 0 Å². The molecule has 1 aromatic heterocycles. The Balaban J connectivity index is 2.59. The highest BCUT2D eigenvalue weighted by atomic mass is 19.4. The van der Waals surface area contributed by atoms with Gasteiger partial charge in [0.2, 0.25) is 11.6 Å². The number of nitrogens with one attached hydrogen (secondary N) is 1. The SMILES string of the molecule is NC(=O)N(Nc1c(F)c(F)nc(F)c1F)c1ccccc1C(F)(F)F. The highest BCUT2D eigenvalue weighted by molar-refractivity contribution is 5.93. The van der Waals surface area contributed by atoms with Crippen LogP contribution < -0.4 is 16.2 Å². The molecule has 5 nitrogen and oxygen atoms in total.